The molecule has 0 spiro atoms. The highest BCUT2D eigenvalue weighted by Crippen LogP contribution is 2.50. The van der Waals surface area contributed by atoms with Crippen LogP contribution in [0, 0.1) is 11.8 Å². The number of ether oxygens (including phenoxy) is 1. The molecule has 5 unspecified atom stereocenters. The summed E-state index contributed by atoms with van der Waals surface area (Å²) in [4.78, 5) is 10.9. The largest absolute Gasteiger partial charge is 0.481 e. The zero-order chi connectivity index (χ0) is 25.6. The molecule has 0 saturated carbocycles. The van der Waals surface area contributed by atoms with E-state index in [-0.39, 0.29) is 17.1 Å². The highest BCUT2D eigenvalue weighted by molar-refractivity contribution is 5.69. The predicted molar refractivity (Wildman–Crippen MR) is 141 cm³/mol. The first kappa shape index (κ1) is 28.8. The Balaban J connectivity index is 1.79. The Bertz CT molecular complexity index is 790. The summed E-state index contributed by atoms with van der Waals surface area (Å²) in [6, 6.07) is 0. The third-order valence-corrected chi connectivity index (χ3v) is 8.58. The zero-order valence-corrected chi connectivity index (χ0v) is 22.9. The highest BCUT2D eigenvalue weighted by atomic mass is 16.5. The van der Waals surface area contributed by atoms with Crippen LogP contribution >= 0.6 is 0 Å². The van der Waals surface area contributed by atoms with Crippen molar-refractivity contribution < 1.29 is 19.7 Å². The molecular weight excluding hydrogens is 424 g/mol. The SMILES string of the molecule is CCC12OC(C)(CCC=C(C)CCCC(C)(O)CCCC(C)C(=O)O)CCC1=CC=C(C)C2C. The van der Waals surface area contributed by atoms with Gasteiger partial charge in [0.2, 0.25) is 0 Å². The van der Waals surface area contributed by atoms with Gasteiger partial charge in [0.25, 0.3) is 0 Å². The van der Waals surface area contributed by atoms with Crippen LogP contribution in [0.25, 0.3) is 0 Å². The van der Waals surface area contributed by atoms with Crippen molar-refractivity contribution in [3.63, 3.8) is 0 Å². The molecular formula is C30H50O4. The molecule has 0 radical (unpaired) electrons. The molecule has 0 aromatic carbocycles. The molecule has 5 atom stereocenters. The third kappa shape index (κ3) is 7.55. The Morgan fingerprint density at radius 1 is 1.32 bits per heavy atom. The molecule has 1 fully saturated rings. The number of fused-ring (bicyclic) bond motifs is 1. The topological polar surface area (TPSA) is 66.8 Å². The normalized spacial score (nSPS) is 30.1. The van der Waals surface area contributed by atoms with Crippen LogP contribution in [0.2, 0.25) is 0 Å². The molecule has 0 aromatic heterocycles. The van der Waals surface area contributed by atoms with Crippen molar-refractivity contribution in [2.75, 3.05) is 0 Å². The number of carboxylic acids is 1. The number of allylic oxidation sites excluding steroid dienone is 4. The summed E-state index contributed by atoms with van der Waals surface area (Å²) in [5.41, 5.74) is 3.32. The van der Waals surface area contributed by atoms with E-state index in [1.165, 1.54) is 16.7 Å². The molecule has 1 aliphatic carbocycles. The van der Waals surface area contributed by atoms with Gasteiger partial charge >= 0.3 is 5.97 Å². The molecule has 4 nitrogen and oxygen atoms in total. The van der Waals surface area contributed by atoms with Gasteiger partial charge in [0.1, 0.15) is 0 Å². The molecule has 4 heteroatoms. The van der Waals surface area contributed by atoms with E-state index < -0.39 is 11.6 Å². The van der Waals surface area contributed by atoms with Gasteiger partial charge in [0, 0.05) is 5.92 Å². The number of hydrogen-bond acceptors (Lipinski definition) is 3. The van der Waals surface area contributed by atoms with Crippen molar-refractivity contribution >= 4 is 5.97 Å². The first-order valence-corrected chi connectivity index (χ1v) is 13.5. The fourth-order valence-electron chi connectivity index (χ4n) is 5.79. The molecule has 194 valence electrons. The lowest BCUT2D eigenvalue weighted by atomic mass is 9.68. The number of hydrogen-bond donors (Lipinski definition) is 2. The van der Waals surface area contributed by atoms with Gasteiger partial charge in [-0.2, -0.15) is 0 Å². The van der Waals surface area contributed by atoms with Crippen LogP contribution in [0.4, 0.5) is 0 Å². The summed E-state index contributed by atoms with van der Waals surface area (Å²) >= 11 is 0. The minimum Gasteiger partial charge on any atom is -0.481 e. The van der Waals surface area contributed by atoms with E-state index in [2.05, 4.69) is 52.8 Å². The molecule has 0 bridgehead atoms. The Hall–Kier alpha value is -1.39. The Morgan fingerprint density at radius 2 is 2.00 bits per heavy atom. The number of carboxylic acid groups (broad SMARTS) is 1. The van der Waals surface area contributed by atoms with Gasteiger partial charge in [-0.15, -0.1) is 0 Å². The van der Waals surface area contributed by atoms with Crippen LogP contribution in [0.15, 0.2) is 34.9 Å². The summed E-state index contributed by atoms with van der Waals surface area (Å²) in [5.74, 6) is -0.669. The average molecular weight is 475 g/mol. The van der Waals surface area contributed by atoms with Crippen LogP contribution in [0.1, 0.15) is 119 Å². The summed E-state index contributed by atoms with van der Waals surface area (Å²) in [5, 5.41) is 19.7. The van der Waals surface area contributed by atoms with Crippen LogP contribution in [-0.2, 0) is 9.53 Å². The van der Waals surface area contributed by atoms with E-state index in [0.29, 0.717) is 18.8 Å². The Morgan fingerprint density at radius 3 is 2.65 bits per heavy atom. The van der Waals surface area contributed by atoms with Crippen LogP contribution in [0.3, 0.4) is 0 Å². The molecule has 1 heterocycles. The second kappa shape index (κ2) is 12.0. The van der Waals surface area contributed by atoms with Gasteiger partial charge in [-0.25, -0.2) is 0 Å². The number of aliphatic carboxylic acids is 1. The average Bonchev–Trinajstić information content (AvgIpc) is 2.76. The van der Waals surface area contributed by atoms with Crippen molar-refractivity contribution in [3.8, 4) is 0 Å². The third-order valence-electron chi connectivity index (χ3n) is 8.58. The van der Waals surface area contributed by atoms with Crippen molar-refractivity contribution in [1.82, 2.24) is 0 Å². The van der Waals surface area contributed by atoms with Crippen LogP contribution in [-0.4, -0.2) is 33.0 Å². The first-order chi connectivity index (χ1) is 15.8. The smallest absolute Gasteiger partial charge is 0.306 e. The fraction of sp³-hybridized carbons (Fsp3) is 0.767. The first-order valence-electron chi connectivity index (χ1n) is 13.5. The van der Waals surface area contributed by atoms with Gasteiger partial charge in [-0.3, -0.25) is 4.79 Å². The molecule has 2 N–H and O–H groups in total. The lowest BCUT2D eigenvalue weighted by Gasteiger charge is -2.53. The quantitative estimate of drug-likeness (QED) is 0.268. The lowest BCUT2D eigenvalue weighted by Crippen LogP contribution is -2.53. The molecule has 1 saturated heterocycles. The molecule has 2 aliphatic rings. The van der Waals surface area contributed by atoms with Gasteiger partial charge in [-0.1, -0.05) is 50.1 Å². The zero-order valence-electron chi connectivity index (χ0n) is 22.9. The van der Waals surface area contributed by atoms with Gasteiger partial charge in [0.15, 0.2) is 0 Å². The van der Waals surface area contributed by atoms with Gasteiger partial charge < -0.3 is 14.9 Å². The Labute approximate surface area is 208 Å². The van der Waals surface area contributed by atoms with Crippen molar-refractivity contribution in [2.45, 2.75) is 136 Å². The van der Waals surface area contributed by atoms with E-state index >= 15 is 0 Å². The van der Waals surface area contributed by atoms with Crippen LogP contribution in [0.5, 0.6) is 0 Å². The summed E-state index contributed by atoms with van der Waals surface area (Å²) in [6.45, 7) is 14.9. The monoisotopic (exact) mass is 474 g/mol. The van der Waals surface area contributed by atoms with E-state index in [1.54, 1.807) is 6.92 Å². The molecule has 0 aromatic rings. The number of carbonyl (C=O) groups is 1. The minimum atomic E-state index is -0.755. The summed E-state index contributed by atoms with van der Waals surface area (Å²) in [7, 11) is 0. The molecule has 0 amide bonds. The highest BCUT2D eigenvalue weighted by Gasteiger charge is 2.49. The number of rotatable bonds is 13. The number of aliphatic hydroxyl groups is 1. The summed E-state index contributed by atoms with van der Waals surface area (Å²) < 4.78 is 6.97. The second-order valence-electron chi connectivity index (χ2n) is 11.7. The fourth-order valence-corrected chi connectivity index (χ4v) is 5.79. The molecule has 34 heavy (non-hydrogen) atoms. The van der Waals surface area contributed by atoms with E-state index in [4.69, 9.17) is 9.84 Å². The standard InChI is InChI=1S/C30H50O4/c1-8-30-25(5)23(3)15-16-26(30)17-21-29(7,34-30)20-10-13-22(2)12-9-18-28(6,33)19-11-14-24(4)27(31)32/h13,15-16,24-25,33H,8-12,14,17-21H2,1-7H3,(H,31,32). The van der Waals surface area contributed by atoms with E-state index in [0.717, 1.165) is 57.8 Å². The maximum absolute atomic E-state index is 10.9. The van der Waals surface area contributed by atoms with E-state index in [9.17, 15) is 9.90 Å². The lowest BCUT2D eigenvalue weighted by molar-refractivity contribution is -0.175. The van der Waals surface area contributed by atoms with Crippen molar-refractivity contribution in [3.05, 3.63) is 34.9 Å². The van der Waals surface area contributed by atoms with E-state index in [1.807, 2.05) is 6.92 Å². The predicted octanol–water partition coefficient (Wildman–Crippen LogP) is 7.77. The van der Waals surface area contributed by atoms with Gasteiger partial charge in [0.05, 0.1) is 22.7 Å². The minimum absolute atomic E-state index is 0.0905. The van der Waals surface area contributed by atoms with Crippen LogP contribution < -0.4 is 0 Å². The summed E-state index contributed by atoms with van der Waals surface area (Å²) in [6.07, 6.45) is 17.0. The Kier molecular flexibility index (Phi) is 10.2. The second-order valence-corrected chi connectivity index (χ2v) is 11.7. The molecule has 1 aliphatic heterocycles. The van der Waals surface area contributed by atoms with Gasteiger partial charge in [-0.05, 0) is 104 Å². The maximum Gasteiger partial charge on any atom is 0.306 e. The van der Waals surface area contributed by atoms with Crippen molar-refractivity contribution in [2.24, 2.45) is 11.8 Å². The molecule has 2 rings (SSSR count). The van der Waals surface area contributed by atoms with Crippen molar-refractivity contribution in [1.29, 1.82) is 0 Å². The maximum atomic E-state index is 10.9.